The number of benzene rings is 2. The summed E-state index contributed by atoms with van der Waals surface area (Å²) in [5.41, 5.74) is 8.01. The maximum Gasteiger partial charge on any atom is 0.328 e. The summed E-state index contributed by atoms with van der Waals surface area (Å²) in [6, 6.07) is 16.2. The van der Waals surface area contributed by atoms with E-state index >= 15 is 0 Å². The highest BCUT2D eigenvalue weighted by atomic mass is 16.5. The van der Waals surface area contributed by atoms with E-state index in [-0.39, 0.29) is 0 Å². The molecule has 106 valence electrons. The highest BCUT2D eigenvalue weighted by Crippen LogP contribution is 2.19. The molecule has 3 aromatic rings. The molecule has 0 amide bonds. The van der Waals surface area contributed by atoms with Gasteiger partial charge in [0.2, 0.25) is 0 Å². The first-order chi connectivity index (χ1) is 10.2. The number of ether oxygens (including phenoxy) is 1. The van der Waals surface area contributed by atoms with Gasteiger partial charge in [-0.3, -0.25) is 0 Å². The van der Waals surface area contributed by atoms with Crippen LogP contribution in [0.3, 0.4) is 0 Å². The number of esters is 1. The Morgan fingerprint density at radius 3 is 2.62 bits per heavy atom. The summed E-state index contributed by atoms with van der Waals surface area (Å²) in [6.07, 6.45) is 2.33. The molecule has 21 heavy (non-hydrogen) atoms. The fraction of sp³-hybridized carbons (Fsp3) is 0.118. The van der Waals surface area contributed by atoms with E-state index in [1.54, 1.807) is 12.1 Å². The molecular formula is C17H16N2O2. The van der Waals surface area contributed by atoms with Gasteiger partial charge in [-0.2, -0.15) is 0 Å². The van der Waals surface area contributed by atoms with E-state index in [0.29, 0.717) is 12.2 Å². The second-order valence-corrected chi connectivity index (χ2v) is 4.90. The maximum absolute atomic E-state index is 12.0. The molecule has 1 atom stereocenters. The van der Waals surface area contributed by atoms with Crippen LogP contribution >= 0.6 is 0 Å². The van der Waals surface area contributed by atoms with Gasteiger partial charge in [-0.25, -0.2) is 4.79 Å². The molecular weight excluding hydrogens is 264 g/mol. The third-order valence-electron chi connectivity index (χ3n) is 3.38. The van der Waals surface area contributed by atoms with Gasteiger partial charge < -0.3 is 15.5 Å². The van der Waals surface area contributed by atoms with Gasteiger partial charge >= 0.3 is 5.97 Å². The van der Waals surface area contributed by atoms with E-state index in [0.717, 1.165) is 16.5 Å². The molecule has 0 saturated heterocycles. The van der Waals surface area contributed by atoms with E-state index in [4.69, 9.17) is 10.5 Å². The van der Waals surface area contributed by atoms with Crippen LogP contribution in [0.15, 0.2) is 60.8 Å². The van der Waals surface area contributed by atoms with E-state index in [1.807, 2.05) is 48.7 Å². The Balaban J connectivity index is 1.71. The molecule has 3 N–H and O–H groups in total. The van der Waals surface area contributed by atoms with Gasteiger partial charge in [0.15, 0.2) is 0 Å². The largest absolute Gasteiger partial charge is 0.425 e. The highest BCUT2D eigenvalue weighted by molar-refractivity contribution is 5.85. The molecule has 0 fully saturated rings. The lowest BCUT2D eigenvalue weighted by Gasteiger charge is -2.10. The smallest absolute Gasteiger partial charge is 0.328 e. The lowest BCUT2D eigenvalue weighted by molar-refractivity contribution is -0.135. The Morgan fingerprint density at radius 2 is 1.81 bits per heavy atom. The standard InChI is InChI=1S/C17H16N2O2/c18-15(17(20)21-13-6-2-1-3-7-13)10-12-11-19-16-9-5-4-8-14(12)16/h1-9,11,15,19H,10,18H2. The van der Waals surface area contributed by atoms with Crippen molar-refractivity contribution in [2.45, 2.75) is 12.5 Å². The molecule has 3 rings (SSSR count). The van der Waals surface area contributed by atoms with Gasteiger partial charge in [0, 0.05) is 23.5 Å². The van der Waals surface area contributed by atoms with Crippen molar-refractivity contribution in [1.29, 1.82) is 0 Å². The minimum Gasteiger partial charge on any atom is -0.425 e. The number of nitrogens with two attached hydrogens (primary N) is 1. The average molecular weight is 280 g/mol. The number of hydrogen-bond donors (Lipinski definition) is 2. The molecule has 4 nitrogen and oxygen atoms in total. The zero-order valence-electron chi connectivity index (χ0n) is 11.5. The summed E-state index contributed by atoms with van der Waals surface area (Å²) in [5.74, 6) is 0.0864. The fourth-order valence-corrected chi connectivity index (χ4v) is 2.30. The van der Waals surface area contributed by atoms with Crippen LogP contribution < -0.4 is 10.5 Å². The summed E-state index contributed by atoms with van der Waals surface area (Å²) in [6.45, 7) is 0. The number of para-hydroxylation sites is 2. The van der Waals surface area contributed by atoms with Crippen molar-refractivity contribution >= 4 is 16.9 Å². The van der Waals surface area contributed by atoms with Gasteiger partial charge in [0.1, 0.15) is 11.8 Å². The van der Waals surface area contributed by atoms with Crippen molar-refractivity contribution in [1.82, 2.24) is 4.98 Å². The third kappa shape index (κ3) is 2.95. The molecule has 0 aliphatic carbocycles. The molecule has 4 heteroatoms. The zero-order valence-corrected chi connectivity index (χ0v) is 11.5. The number of H-pyrrole nitrogens is 1. The van der Waals surface area contributed by atoms with E-state index in [1.165, 1.54) is 0 Å². The van der Waals surface area contributed by atoms with Crippen LogP contribution in [0.2, 0.25) is 0 Å². The second kappa shape index (κ2) is 5.81. The van der Waals surface area contributed by atoms with Crippen molar-refractivity contribution in [2.24, 2.45) is 5.73 Å². The normalized spacial score (nSPS) is 12.2. The van der Waals surface area contributed by atoms with Crippen LogP contribution in [0.4, 0.5) is 0 Å². The van der Waals surface area contributed by atoms with Crippen molar-refractivity contribution in [3.8, 4) is 5.75 Å². The van der Waals surface area contributed by atoms with Gasteiger partial charge in [0.05, 0.1) is 0 Å². The first-order valence-corrected chi connectivity index (χ1v) is 6.81. The summed E-state index contributed by atoms with van der Waals surface area (Å²) < 4.78 is 5.26. The topological polar surface area (TPSA) is 68.1 Å². The quantitative estimate of drug-likeness (QED) is 0.570. The SMILES string of the molecule is NC(Cc1c[nH]c2ccccc12)C(=O)Oc1ccccc1. The van der Waals surface area contributed by atoms with Crippen LogP contribution in [0.5, 0.6) is 5.75 Å². The minimum atomic E-state index is -0.690. The average Bonchev–Trinajstić information content (AvgIpc) is 2.91. The van der Waals surface area contributed by atoms with E-state index in [2.05, 4.69) is 4.98 Å². The summed E-state index contributed by atoms with van der Waals surface area (Å²) in [4.78, 5) is 15.2. The Hall–Kier alpha value is -2.59. The third-order valence-corrected chi connectivity index (χ3v) is 3.38. The van der Waals surface area contributed by atoms with Crippen molar-refractivity contribution in [3.63, 3.8) is 0 Å². The molecule has 0 saturated carbocycles. The van der Waals surface area contributed by atoms with E-state index in [9.17, 15) is 4.79 Å². The number of aromatic amines is 1. The molecule has 0 radical (unpaired) electrons. The first kappa shape index (κ1) is 13.4. The monoisotopic (exact) mass is 280 g/mol. The predicted molar refractivity (Wildman–Crippen MR) is 82.1 cm³/mol. The fourth-order valence-electron chi connectivity index (χ4n) is 2.30. The molecule has 0 aliphatic rings. The number of fused-ring (bicyclic) bond motifs is 1. The van der Waals surface area contributed by atoms with Crippen LogP contribution in [0.1, 0.15) is 5.56 Å². The van der Waals surface area contributed by atoms with E-state index < -0.39 is 12.0 Å². The lowest BCUT2D eigenvalue weighted by Crippen LogP contribution is -2.36. The van der Waals surface area contributed by atoms with Crippen LogP contribution in [-0.4, -0.2) is 17.0 Å². The van der Waals surface area contributed by atoms with Crippen LogP contribution in [-0.2, 0) is 11.2 Å². The Morgan fingerprint density at radius 1 is 1.10 bits per heavy atom. The molecule has 1 heterocycles. The Labute approximate surface area is 122 Å². The van der Waals surface area contributed by atoms with Crippen molar-refractivity contribution in [3.05, 3.63) is 66.4 Å². The van der Waals surface area contributed by atoms with Gasteiger partial charge in [-0.05, 0) is 23.8 Å². The van der Waals surface area contributed by atoms with Crippen LogP contribution in [0, 0.1) is 0 Å². The summed E-state index contributed by atoms with van der Waals surface area (Å²) >= 11 is 0. The molecule has 0 aliphatic heterocycles. The lowest BCUT2D eigenvalue weighted by atomic mass is 10.1. The molecule has 1 aromatic heterocycles. The second-order valence-electron chi connectivity index (χ2n) is 4.90. The van der Waals surface area contributed by atoms with Gasteiger partial charge in [-0.1, -0.05) is 36.4 Å². The molecule has 0 spiro atoms. The van der Waals surface area contributed by atoms with Crippen molar-refractivity contribution in [2.75, 3.05) is 0 Å². The van der Waals surface area contributed by atoms with Gasteiger partial charge in [-0.15, -0.1) is 0 Å². The minimum absolute atomic E-state index is 0.425. The Bertz CT molecular complexity index is 750. The maximum atomic E-state index is 12.0. The first-order valence-electron chi connectivity index (χ1n) is 6.81. The molecule has 1 unspecified atom stereocenters. The number of rotatable bonds is 4. The molecule has 2 aromatic carbocycles. The number of aromatic nitrogens is 1. The van der Waals surface area contributed by atoms with Crippen LogP contribution in [0.25, 0.3) is 10.9 Å². The summed E-state index contributed by atoms with van der Waals surface area (Å²) in [7, 11) is 0. The predicted octanol–water partition coefficient (Wildman–Crippen LogP) is 2.64. The molecule has 0 bridgehead atoms. The summed E-state index contributed by atoms with van der Waals surface area (Å²) in [5, 5.41) is 1.08. The number of carbonyl (C=O) groups is 1. The number of nitrogens with one attached hydrogen (secondary N) is 1. The van der Waals surface area contributed by atoms with Gasteiger partial charge in [0.25, 0.3) is 0 Å². The number of carbonyl (C=O) groups excluding carboxylic acids is 1. The van der Waals surface area contributed by atoms with Crippen molar-refractivity contribution < 1.29 is 9.53 Å². The number of hydrogen-bond acceptors (Lipinski definition) is 3. The Kier molecular flexibility index (Phi) is 3.71. The zero-order chi connectivity index (χ0) is 14.7. The highest BCUT2D eigenvalue weighted by Gasteiger charge is 2.18.